The lowest BCUT2D eigenvalue weighted by molar-refractivity contribution is -0.120. The molecule has 1 amide bonds. The maximum atomic E-state index is 11.1. The van der Waals surface area contributed by atoms with Crippen LogP contribution in [0.3, 0.4) is 0 Å². The van der Waals surface area contributed by atoms with Gasteiger partial charge in [-0.3, -0.25) is 9.48 Å². The topological polar surface area (TPSA) is 72.9 Å². The average Bonchev–Trinajstić information content (AvgIpc) is 2.45. The van der Waals surface area contributed by atoms with E-state index in [0.29, 0.717) is 0 Å². The van der Waals surface area contributed by atoms with Gasteiger partial charge < -0.3 is 11.1 Å². The first-order valence-electron chi connectivity index (χ1n) is 4.54. The highest BCUT2D eigenvalue weighted by Gasteiger charge is 2.12. The highest BCUT2D eigenvalue weighted by atomic mass is 35.5. The van der Waals surface area contributed by atoms with E-state index in [9.17, 15) is 4.79 Å². The van der Waals surface area contributed by atoms with E-state index in [2.05, 4.69) is 10.4 Å². The number of amides is 1. The lowest BCUT2D eigenvalue weighted by atomic mass is 10.1. The second kappa shape index (κ2) is 5.72. The monoisotopic (exact) mass is 232 g/mol. The summed E-state index contributed by atoms with van der Waals surface area (Å²) in [4.78, 5) is 11.1. The molecule has 3 N–H and O–H groups in total. The number of halogens is 1. The third-order valence-electron chi connectivity index (χ3n) is 2.08. The van der Waals surface area contributed by atoms with Crippen molar-refractivity contribution in [3.05, 3.63) is 17.5 Å². The summed E-state index contributed by atoms with van der Waals surface area (Å²) in [5.41, 5.74) is 7.16. The lowest BCUT2D eigenvalue weighted by Gasteiger charge is -2.11. The minimum Gasteiger partial charge on any atom is -0.348 e. The smallest absolute Gasteiger partial charge is 0.234 e. The van der Waals surface area contributed by atoms with Crippen LogP contribution in [0.1, 0.15) is 24.2 Å². The van der Waals surface area contributed by atoms with Crippen molar-refractivity contribution in [2.45, 2.75) is 19.9 Å². The van der Waals surface area contributed by atoms with Crippen LogP contribution in [0, 0.1) is 6.92 Å². The standard InChI is InChI=1S/C9H16N4O.ClH/c1-6(11-9(14)4-10)8-5-13(3)12-7(8)2;/h5-6H,4,10H2,1-3H3,(H,11,14);1H. The van der Waals surface area contributed by atoms with Crippen molar-refractivity contribution in [1.82, 2.24) is 15.1 Å². The van der Waals surface area contributed by atoms with Crippen LogP contribution in [0.5, 0.6) is 0 Å². The number of nitrogens with zero attached hydrogens (tertiary/aromatic N) is 2. The van der Waals surface area contributed by atoms with Crippen molar-refractivity contribution < 1.29 is 4.79 Å². The fraction of sp³-hybridized carbons (Fsp3) is 0.556. The highest BCUT2D eigenvalue weighted by Crippen LogP contribution is 2.14. The lowest BCUT2D eigenvalue weighted by Crippen LogP contribution is -2.32. The molecule has 0 fully saturated rings. The summed E-state index contributed by atoms with van der Waals surface area (Å²) in [6, 6.07) is -0.0419. The molecule has 0 radical (unpaired) electrons. The van der Waals surface area contributed by atoms with Gasteiger partial charge in [-0.25, -0.2) is 0 Å². The molecule has 0 aromatic carbocycles. The first-order valence-corrected chi connectivity index (χ1v) is 4.54. The Labute approximate surface area is 95.4 Å². The van der Waals surface area contributed by atoms with Crippen molar-refractivity contribution in [3.63, 3.8) is 0 Å². The van der Waals surface area contributed by atoms with Crippen molar-refractivity contribution in [2.24, 2.45) is 12.8 Å². The molecule has 1 heterocycles. The van der Waals surface area contributed by atoms with Gasteiger partial charge in [0.1, 0.15) is 0 Å². The van der Waals surface area contributed by atoms with E-state index < -0.39 is 0 Å². The largest absolute Gasteiger partial charge is 0.348 e. The number of nitrogens with two attached hydrogens (primary N) is 1. The van der Waals surface area contributed by atoms with Crippen LogP contribution >= 0.6 is 12.4 Å². The molecule has 1 aromatic heterocycles. The molecular formula is C9H17ClN4O. The van der Waals surface area contributed by atoms with Crippen LogP contribution in [0.4, 0.5) is 0 Å². The number of hydrogen-bond acceptors (Lipinski definition) is 3. The molecular weight excluding hydrogens is 216 g/mol. The van der Waals surface area contributed by atoms with Gasteiger partial charge in [-0.05, 0) is 13.8 Å². The Bertz CT molecular complexity index is 337. The Kier molecular flexibility index (Phi) is 5.32. The van der Waals surface area contributed by atoms with Crippen LogP contribution in [0.2, 0.25) is 0 Å². The number of nitrogens with one attached hydrogen (secondary N) is 1. The van der Waals surface area contributed by atoms with Gasteiger partial charge in [-0.2, -0.15) is 5.10 Å². The molecule has 1 atom stereocenters. The van der Waals surface area contributed by atoms with Crippen molar-refractivity contribution in [2.75, 3.05) is 6.54 Å². The normalized spacial score (nSPS) is 11.7. The molecule has 0 aliphatic heterocycles. The fourth-order valence-corrected chi connectivity index (χ4v) is 1.42. The molecule has 0 bridgehead atoms. The number of rotatable bonds is 3. The number of hydrogen-bond donors (Lipinski definition) is 2. The van der Waals surface area contributed by atoms with E-state index in [0.717, 1.165) is 11.3 Å². The quantitative estimate of drug-likeness (QED) is 0.787. The van der Waals surface area contributed by atoms with Gasteiger partial charge in [-0.15, -0.1) is 12.4 Å². The average molecular weight is 233 g/mol. The second-order valence-corrected chi connectivity index (χ2v) is 3.34. The van der Waals surface area contributed by atoms with Crippen LogP contribution in [0.25, 0.3) is 0 Å². The first kappa shape index (κ1) is 13.9. The van der Waals surface area contributed by atoms with Crippen LogP contribution in [-0.2, 0) is 11.8 Å². The van der Waals surface area contributed by atoms with Crippen LogP contribution < -0.4 is 11.1 Å². The van der Waals surface area contributed by atoms with E-state index in [4.69, 9.17) is 5.73 Å². The summed E-state index contributed by atoms with van der Waals surface area (Å²) in [7, 11) is 1.86. The molecule has 86 valence electrons. The summed E-state index contributed by atoms with van der Waals surface area (Å²) in [6.45, 7) is 3.85. The number of carbonyl (C=O) groups excluding carboxylic acids is 1. The van der Waals surface area contributed by atoms with Gasteiger partial charge in [0, 0.05) is 18.8 Å². The molecule has 0 saturated heterocycles. The molecule has 0 spiro atoms. The van der Waals surface area contributed by atoms with Gasteiger partial charge in [0.25, 0.3) is 0 Å². The van der Waals surface area contributed by atoms with Gasteiger partial charge in [0.15, 0.2) is 0 Å². The Morgan fingerprint density at radius 1 is 1.73 bits per heavy atom. The van der Waals surface area contributed by atoms with E-state index in [1.807, 2.05) is 27.1 Å². The van der Waals surface area contributed by atoms with Crippen LogP contribution in [0.15, 0.2) is 6.20 Å². The maximum Gasteiger partial charge on any atom is 0.234 e. The Morgan fingerprint density at radius 2 is 2.33 bits per heavy atom. The number of carbonyl (C=O) groups is 1. The Hall–Kier alpha value is -1.07. The minimum atomic E-state index is -0.152. The fourth-order valence-electron chi connectivity index (χ4n) is 1.42. The number of aromatic nitrogens is 2. The molecule has 0 aliphatic carbocycles. The zero-order valence-electron chi connectivity index (χ0n) is 9.15. The van der Waals surface area contributed by atoms with Gasteiger partial charge in [0.05, 0.1) is 18.3 Å². The molecule has 15 heavy (non-hydrogen) atoms. The van der Waals surface area contributed by atoms with Crippen molar-refractivity contribution in [1.29, 1.82) is 0 Å². The molecule has 0 aliphatic rings. The maximum absolute atomic E-state index is 11.1. The summed E-state index contributed by atoms with van der Waals surface area (Å²) < 4.78 is 1.73. The molecule has 1 aromatic rings. The zero-order chi connectivity index (χ0) is 10.7. The predicted molar refractivity (Wildman–Crippen MR) is 60.8 cm³/mol. The van der Waals surface area contributed by atoms with Gasteiger partial charge in [0.2, 0.25) is 5.91 Å². The molecule has 6 heteroatoms. The first-order chi connectivity index (χ1) is 6.54. The summed E-state index contributed by atoms with van der Waals surface area (Å²) >= 11 is 0. The zero-order valence-corrected chi connectivity index (χ0v) is 9.97. The third kappa shape index (κ3) is 3.53. The molecule has 0 saturated carbocycles. The number of aryl methyl sites for hydroxylation is 2. The molecule has 1 unspecified atom stereocenters. The minimum absolute atomic E-state index is 0. The highest BCUT2D eigenvalue weighted by molar-refractivity contribution is 5.85. The van der Waals surface area contributed by atoms with Crippen molar-refractivity contribution in [3.8, 4) is 0 Å². The molecule has 5 nitrogen and oxygen atoms in total. The van der Waals surface area contributed by atoms with Gasteiger partial charge >= 0.3 is 0 Å². The SMILES string of the molecule is Cc1nn(C)cc1C(C)NC(=O)CN.Cl. The summed E-state index contributed by atoms with van der Waals surface area (Å²) in [6.07, 6.45) is 1.90. The molecule has 1 rings (SSSR count). The third-order valence-corrected chi connectivity index (χ3v) is 2.08. The van der Waals surface area contributed by atoms with Gasteiger partial charge in [-0.1, -0.05) is 0 Å². The van der Waals surface area contributed by atoms with E-state index in [1.165, 1.54) is 0 Å². The predicted octanol–water partition coefficient (Wildman–Crippen LogP) is 0.286. The van der Waals surface area contributed by atoms with E-state index in [1.54, 1.807) is 4.68 Å². The van der Waals surface area contributed by atoms with Crippen molar-refractivity contribution >= 4 is 18.3 Å². The summed E-state index contributed by atoms with van der Waals surface area (Å²) in [5.74, 6) is -0.152. The summed E-state index contributed by atoms with van der Waals surface area (Å²) in [5, 5.41) is 6.98. The van der Waals surface area contributed by atoms with E-state index >= 15 is 0 Å². The second-order valence-electron chi connectivity index (χ2n) is 3.34. The Morgan fingerprint density at radius 3 is 2.73 bits per heavy atom. The van der Waals surface area contributed by atoms with E-state index in [-0.39, 0.29) is 30.9 Å². The Balaban J connectivity index is 0.00000196. The van der Waals surface area contributed by atoms with Crippen LogP contribution in [-0.4, -0.2) is 22.2 Å².